The van der Waals surface area contributed by atoms with E-state index in [4.69, 9.17) is 0 Å². The topological polar surface area (TPSA) is 42.0 Å². The molecule has 0 fully saturated rings. The second-order valence-electron chi connectivity index (χ2n) is 4.86. The highest BCUT2D eigenvalue weighted by molar-refractivity contribution is 9.10. The molecule has 0 aliphatic heterocycles. The first-order valence-corrected chi connectivity index (χ1v) is 9.33. The molecule has 0 bridgehead atoms. The summed E-state index contributed by atoms with van der Waals surface area (Å²) in [6.07, 6.45) is 0.256. The Morgan fingerprint density at radius 1 is 1.13 bits per heavy atom. The van der Waals surface area contributed by atoms with E-state index >= 15 is 0 Å². The summed E-state index contributed by atoms with van der Waals surface area (Å²) in [5.74, 6) is -0.0806. The van der Waals surface area contributed by atoms with Gasteiger partial charge in [0.05, 0.1) is 17.8 Å². The zero-order chi connectivity index (χ0) is 16.2. The Bertz CT molecular complexity index is 848. The van der Waals surface area contributed by atoms with Crippen molar-refractivity contribution in [1.82, 2.24) is 4.98 Å². The highest BCUT2D eigenvalue weighted by Gasteiger charge is 2.10. The maximum atomic E-state index is 12.2. The average Bonchev–Trinajstić information content (AvgIpc) is 2.98. The number of amides is 1. The molecule has 3 aromatic rings. The molecule has 0 saturated heterocycles. The molecule has 3 nitrogen and oxygen atoms in total. The molecule has 0 radical (unpaired) electrons. The van der Waals surface area contributed by atoms with Crippen molar-refractivity contribution < 1.29 is 4.79 Å². The quantitative estimate of drug-likeness (QED) is 0.567. The fraction of sp³-hybridized carbons (Fsp3) is 0.0588. The molecule has 6 heteroatoms. The summed E-state index contributed by atoms with van der Waals surface area (Å²) in [5.41, 5.74) is 2.58. The zero-order valence-electron chi connectivity index (χ0n) is 11.9. The van der Waals surface area contributed by atoms with Crippen LogP contribution in [0.25, 0.3) is 10.6 Å². The summed E-state index contributed by atoms with van der Waals surface area (Å²) >= 11 is 8.42. The van der Waals surface area contributed by atoms with Crippen molar-refractivity contribution in [3.8, 4) is 10.6 Å². The monoisotopic (exact) mass is 450 g/mol. The number of nitrogens with zero attached hydrogens (tertiary/aromatic N) is 1. The van der Waals surface area contributed by atoms with Gasteiger partial charge in [-0.05, 0) is 40.2 Å². The molecule has 0 aliphatic rings. The van der Waals surface area contributed by atoms with E-state index in [9.17, 15) is 4.79 Å². The maximum Gasteiger partial charge on any atom is 0.230 e. The van der Waals surface area contributed by atoms with Gasteiger partial charge in [-0.1, -0.05) is 40.2 Å². The summed E-state index contributed by atoms with van der Waals surface area (Å²) in [7, 11) is 0. The number of hydrogen-bond acceptors (Lipinski definition) is 3. The van der Waals surface area contributed by atoms with Crippen molar-refractivity contribution in [3.63, 3.8) is 0 Å². The van der Waals surface area contributed by atoms with Crippen LogP contribution in [-0.2, 0) is 11.2 Å². The minimum Gasteiger partial charge on any atom is -0.325 e. The normalized spacial score (nSPS) is 10.5. The summed E-state index contributed by atoms with van der Waals surface area (Å²) in [6.45, 7) is 0. The number of rotatable bonds is 4. The van der Waals surface area contributed by atoms with Gasteiger partial charge in [-0.15, -0.1) is 11.3 Å². The maximum absolute atomic E-state index is 12.2. The molecule has 1 N–H and O–H groups in total. The average molecular weight is 452 g/mol. The number of benzene rings is 2. The number of nitrogens with one attached hydrogen (secondary N) is 1. The van der Waals surface area contributed by atoms with E-state index in [-0.39, 0.29) is 12.3 Å². The van der Waals surface area contributed by atoms with Gasteiger partial charge in [0.25, 0.3) is 0 Å². The molecule has 2 aromatic carbocycles. The summed E-state index contributed by atoms with van der Waals surface area (Å²) in [4.78, 5) is 16.7. The lowest BCUT2D eigenvalue weighted by Crippen LogP contribution is -2.14. The number of carbonyl (C=O) groups is 1. The largest absolute Gasteiger partial charge is 0.325 e. The van der Waals surface area contributed by atoms with E-state index in [0.717, 1.165) is 30.9 Å². The fourth-order valence-electron chi connectivity index (χ4n) is 2.06. The molecule has 1 amide bonds. The highest BCUT2D eigenvalue weighted by atomic mass is 79.9. The predicted octanol–water partition coefficient (Wildman–Crippen LogP) is 5.52. The zero-order valence-corrected chi connectivity index (χ0v) is 15.9. The number of carbonyl (C=O) groups excluding carboxylic acids is 1. The molecule has 23 heavy (non-hydrogen) atoms. The third kappa shape index (κ3) is 4.28. The standard InChI is InChI=1S/C17H12Br2N2OS/c18-12-5-3-4-11(8-12)17-20-13(10-23-17)9-16(22)21-15-7-2-1-6-14(15)19/h1-8,10H,9H2,(H,21,22). The Morgan fingerprint density at radius 3 is 2.74 bits per heavy atom. The Kier molecular flexibility index (Phi) is 5.25. The fourth-order valence-corrected chi connectivity index (χ4v) is 3.66. The summed E-state index contributed by atoms with van der Waals surface area (Å²) < 4.78 is 1.87. The van der Waals surface area contributed by atoms with Crippen LogP contribution in [0.15, 0.2) is 62.9 Å². The van der Waals surface area contributed by atoms with Gasteiger partial charge in [0.15, 0.2) is 0 Å². The lowest BCUT2D eigenvalue weighted by Gasteiger charge is -2.05. The van der Waals surface area contributed by atoms with Crippen molar-refractivity contribution >= 4 is 54.8 Å². The van der Waals surface area contributed by atoms with Crippen molar-refractivity contribution in [2.24, 2.45) is 0 Å². The lowest BCUT2D eigenvalue weighted by atomic mass is 10.2. The van der Waals surface area contributed by atoms with Crippen molar-refractivity contribution in [3.05, 3.63) is 68.6 Å². The van der Waals surface area contributed by atoms with E-state index in [1.807, 2.05) is 53.9 Å². The van der Waals surface area contributed by atoms with Gasteiger partial charge in [0.2, 0.25) is 5.91 Å². The summed E-state index contributed by atoms with van der Waals surface area (Å²) in [6, 6.07) is 15.5. The molecule has 1 aromatic heterocycles. The first-order chi connectivity index (χ1) is 11.1. The van der Waals surface area contributed by atoms with Crippen LogP contribution in [0.4, 0.5) is 5.69 Å². The molecular weight excluding hydrogens is 440 g/mol. The van der Waals surface area contributed by atoms with E-state index < -0.39 is 0 Å². The first-order valence-electron chi connectivity index (χ1n) is 6.86. The minimum absolute atomic E-state index is 0.0806. The molecule has 0 atom stereocenters. The van der Waals surface area contributed by atoms with Crippen LogP contribution in [0.5, 0.6) is 0 Å². The van der Waals surface area contributed by atoms with E-state index in [1.165, 1.54) is 0 Å². The third-order valence-corrected chi connectivity index (χ3v) is 5.24. The van der Waals surface area contributed by atoms with Gasteiger partial charge in [-0.3, -0.25) is 4.79 Å². The number of anilines is 1. The molecule has 0 spiro atoms. The first kappa shape index (κ1) is 16.4. The Balaban J connectivity index is 1.69. The molecular formula is C17H12Br2N2OS. The molecule has 116 valence electrons. The highest BCUT2D eigenvalue weighted by Crippen LogP contribution is 2.27. The number of halogens is 2. The van der Waals surface area contributed by atoms with Gasteiger partial charge >= 0.3 is 0 Å². The van der Waals surface area contributed by atoms with Gasteiger partial charge in [0, 0.05) is 19.9 Å². The molecule has 3 rings (SSSR count). The van der Waals surface area contributed by atoms with Crippen LogP contribution in [0.1, 0.15) is 5.69 Å². The van der Waals surface area contributed by atoms with Crippen LogP contribution in [-0.4, -0.2) is 10.9 Å². The minimum atomic E-state index is -0.0806. The number of hydrogen-bond donors (Lipinski definition) is 1. The second kappa shape index (κ2) is 7.38. The van der Waals surface area contributed by atoms with E-state index in [1.54, 1.807) is 11.3 Å². The van der Waals surface area contributed by atoms with E-state index in [0.29, 0.717) is 0 Å². The number of thiazole rings is 1. The number of aromatic nitrogens is 1. The van der Waals surface area contributed by atoms with Gasteiger partial charge in [0.1, 0.15) is 5.01 Å². The molecule has 1 heterocycles. The van der Waals surface area contributed by atoms with Gasteiger partial charge < -0.3 is 5.32 Å². The molecule has 0 aliphatic carbocycles. The number of para-hydroxylation sites is 1. The lowest BCUT2D eigenvalue weighted by molar-refractivity contribution is -0.115. The van der Waals surface area contributed by atoms with Crippen molar-refractivity contribution in [2.75, 3.05) is 5.32 Å². The smallest absolute Gasteiger partial charge is 0.230 e. The van der Waals surface area contributed by atoms with Crippen LogP contribution in [0.3, 0.4) is 0 Å². The Labute approximate surface area is 155 Å². The Morgan fingerprint density at radius 2 is 1.96 bits per heavy atom. The summed E-state index contributed by atoms with van der Waals surface area (Å²) in [5, 5.41) is 5.73. The third-order valence-electron chi connectivity index (χ3n) is 3.11. The van der Waals surface area contributed by atoms with Crippen molar-refractivity contribution in [1.29, 1.82) is 0 Å². The van der Waals surface area contributed by atoms with Gasteiger partial charge in [-0.2, -0.15) is 0 Å². The van der Waals surface area contributed by atoms with E-state index in [2.05, 4.69) is 42.2 Å². The predicted molar refractivity (Wildman–Crippen MR) is 102 cm³/mol. The molecule has 0 saturated carbocycles. The van der Waals surface area contributed by atoms with Crippen LogP contribution >= 0.6 is 43.2 Å². The molecule has 0 unspecified atom stereocenters. The van der Waals surface area contributed by atoms with Crippen molar-refractivity contribution in [2.45, 2.75) is 6.42 Å². The van der Waals surface area contributed by atoms with Crippen LogP contribution in [0, 0.1) is 0 Å². The SMILES string of the molecule is O=C(Cc1csc(-c2cccc(Br)c2)n1)Nc1ccccc1Br. The second-order valence-corrected chi connectivity index (χ2v) is 7.49. The van der Waals surface area contributed by atoms with Crippen LogP contribution in [0.2, 0.25) is 0 Å². The van der Waals surface area contributed by atoms with Crippen LogP contribution < -0.4 is 5.32 Å². The Hall–Kier alpha value is -1.50. The van der Waals surface area contributed by atoms with Gasteiger partial charge in [-0.25, -0.2) is 4.98 Å².